The fraction of sp³-hybridized carbons (Fsp3) is 0.300. The van der Waals surface area contributed by atoms with Crippen LogP contribution in [0.4, 0.5) is 6.01 Å². The SMILES string of the molecule is CN(CCc1cccc(OC(C)(C)C(=O)O)c1)c1nc2ccccc2o1. The minimum Gasteiger partial charge on any atom is -0.478 e. The molecule has 0 fully saturated rings. The Balaban J connectivity index is 1.65. The van der Waals surface area contributed by atoms with Crippen LogP contribution in [0.3, 0.4) is 0 Å². The molecule has 6 heteroatoms. The molecule has 26 heavy (non-hydrogen) atoms. The molecule has 0 radical (unpaired) electrons. The smallest absolute Gasteiger partial charge is 0.347 e. The van der Waals surface area contributed by atoms with Gasteiger partial charge in [0.1, 0.15) is 11.3 Å². The molecule has 0 aliphatic rings. The lowest BCUT2D eigenvalue weighted by Crippen LogP contribution is -2.37. The van der Waals surface area contributed by atoms with Crippen LogP contribution in [-0.2, 0) is 11.2 Å². The lowest BCUT2D eigenvalue weighted by atomic mass is 10.1. The van der Waals surface area contributed by atoms with Crippen LogP contribution in [0.15, 0.2) is 52.9 Å². The number of likely N-dealkylation sites (N-methyl/N-ethyl adjacent to an activating group) is 1. The number of benzene rings is 2. The van der Waals surface area contributed by atoms with E-state index in [9.17, 15) is 9.90 Å². The van der Waals surface area contributed by atoms with Crippen LogP contribution in [0, 0.1) is 0 Å². The number of carboxylic acids is 1. The van der Waals surface area contributed by atoms with E-state index in [2.05, 4.69) is 4.98 Å². The molecule has 136 valence electrons. The Hall–Kier alpha value is -3.02. The van der Waals surface area contributed by atoms with Crippen molar-refractivity contribution in [1.82, 2.24) is 4.98 Å². The van der Waals surface area contributed by atoms with Crippen LogP contribution in [0.2, 0.25) is 0 Å². The highest BCUT2D eigenvalue weighted by Crippen LogP contribution is 2.22. The number of carbonyl (C=O) groups is 1. The third-order valence-electron chi connectivity index (χ3n) is 4.13. The van der Waals surface area contributed by atoms with E-state index in [4.69, 9.17) is 9.15 Å². The summed E-state index contributed by atoms with van der Waals surface area (Å²) in [7, 11) is 1.93. The molecule has 3 aromatic rings. The van der Waals surface area contributed by atoms with Gasteiger partial charge in [0, 0.05) is 13.6 Å². The summed E-state index contributed by atoms with van der Waals surface area (Å²) in [4.78, 5) is 17.6. The minimum atomic E-state index is -1.27. The second-order valence-electron chi connectivity index (χ2n) is 6.70. The Morgan fingerprint density at radius 2 is 2.00 bits per heavy atom. The molecule has 6 nitrogen and oxygen atoms in total. The maximum absolute atomic E-state index is 11.2. The topological polar surface area (TPSA) is 75.8 Å². The molecule has 0 aliphatic heterocycles. The van der Waals surface area contributed by atoms with E-state index in [0.717, 1.165) is 23.1 Å². The van der Waals surface area contributed by atoms with Crippen molar-refractivity contribution in [3.8, 4) is 5.75 Å². The van der Waals surface area contributed by atoms with Crippen LogP contribution >= 0.6 is 0 Å². The van der Waals surface area contributed by atoms with Gasteiger partial charge in [-0.15, -0.1) is 0 Å². The number of aliphatic carboxylic acids is 1. The number of nitrogens with zero attached hydrogens (tertiary/aromatic N) is 2. The maximum atomic E-state index is 11.2. The first-order valence-corrected chi connectivity index (χ1v) is 8.43. The Morgan fingerprint density at radius 3 is 2.73 bits per heavy atom. The van der Waals surface area contributed by atoms with Gasteiger partial charge in [-0.25, -0.2) is 4.79 Å². The van der Waals surface area contributed by atoms with Gasteiger partial charge in [0.05, 0.1) is 0 Å². The van der Waals surface area contributed by atoms with E-state index in [0.29, 0.717) is 18.3 Å². The Kier molecular flexibility index (Phi) is 4.84. The molecule has 0 saturated carbocycles. The van der Waals surface area contributed by atoms with Gasteiger partial charge < -0.3 is 19.2 Å². The summed E-state index contributed by atoms with van der Waals surface area (Å²) in [5.74, 6) is -0.460. The van der Waals surface area contributed by atoms with Gasteiger partial charge in [0.25, 0.3) is 6.01 Å². The highest BCUT2D eigenvalue weighted by Gasteiger charge is 2.29. The Morgan fingerprint density at radius 1 is 1.23 bits per heavy atom. The molecule has 3 rings (SSSR count). The fourth-order valence-electron chi connectivity index (χ4n) is 2.52. The summed E-state index contributed by atoms with van der Waals surface area (Å²) in [6.07, 6.45) is 0.750. The van der Waals surface area contributed by atoms with Crippen LogP contribution < -0.4 is 9.64 Å². The third-order valence-corrected chi connectivity index (χ3v) is 4.13. The van der Waals surface area contributed by atoms with Gasteiger partial charge in [0.15, 0.2) is 11.2 Å². The van der Waals surface area contributed by atoms with Crippen molar-refractivity contribution in [2.75, 3.05) is 18.5 Å². The Bertz CT molecular complexity index is 884. The normalized spacial score (nSPS) is 11.5. The molecule has 0 saturated heterocycles. The number of hydrogen-bond donors (Lipinski definition) is 1. The number of anilines is 1. The molecule has 0 unspecified atom stereocenters. The van der Waals surface area contributed by atoms with E-state index in [1.165, 1.54) is 13.8 Å². The quantitative estimate of drug-likeness (QED) is 0.696. The predicted octanol–water partition coefficient (Wildman–Crippen LogP) is 3.75. The average molecular weight is 354 g/mol. The number of aromatic nitrogens is 1. The molecule has 1 N–H and O–H groups in total. The molecule has 0 bridgehead atoms. The van der Waals surface area contributed by atoms with Gasteiger partial charge in [-0.3, -0.25) is 0 Å². The number of para-hydroxylation sites is 2. The lowest BCUT2D eigenvalue weighted by molar-refractivity contribution is -0.152. The van der Waals surface area contributed by atoms with E-state index >= 15 is 0 Å². The predicted molar refractivity (Wildman–Crippen MR) is 99.8 cm³/mol. The molecule has 0 atom stereocenters. The van der Waals surface area contributed by atoms with Crippen molar-refractivity contribution in [1.29, 1.82) is 0 Å². The number of hydrogen-bond acceptors (Lipinski definition) is 5. The van der Waals surface area contributed by atoms with Crippen molar-refractivity contribution in [2.24, 2.45) is 0 Å². The first kappa shape index (κ1) is 17.8. The van der Waals surface area contributed by atoms with E-state index < -0.39 is 11.6 Å². The number of ether oxygens (including phenoxy) is 1. The van der Waals surface area contributed by atoms with Gasteiger partial charge in [-0.05, 0) is 50.1 Å². The second-order valence-corrected chi connectivity index (χ2v) is 6.70. The molecule has 1 aromatic heterocycles. The van der Waals surface area contributed by atoms with Gasteiger partial charge in [-0.1, -0.05) is 24.3 Å². The Labute approximate surface area is 152 Å². The van der Waals surface area contributed by atoms with Crippen LogP contribution in [0.1, 0.15) is 19.4 Å². The standard InChI is InChI=1S/C20H22N2O4/c1-20(2,18(23)24)26-15-8-6-7-14(13-15)11-12-22(3)19-21-16-9-4-5-10-17(16)25-19/h4-10,13H,11-12H2,1-3H3,(H,23,24). The summed E-state index contributed by atoms with van der Waals surface area (Å²) in [5.41, 5.74) is 1.38. The number of fused-ring (bicyclic) bond motifs is 1. The van der Waals surface area contributed by atoms with E-state index in [-0.39, 0.29) is 0 Å². The maximum Gasteiger partial charge on any atom is 0.347 e. The third kappa shape index (κ3) is 3.96. The average Bonchev–Trinajstić information content (AvgIpc) is 3.04. The largest absolute Gasteiger partial charge is 0.478 e. The van der Waals surface area contributed by atoms with Crippen molar-refractivity contribution >= 4 is 23.1 Å². The summed E-state index contributed by atoms with van der Waals surface area (Å²) >= 11 is 0. The first-order chi connectivity index (χ1) is 12.3. The summed E-state index contributed by atoms with van der Waals surface area (Å²) < 4.78 is 11.4. The van der Waals surface area contributed by atoms with Crippen molar-refractivity contribution in [3.63, 3.8) is 0 Å². The first-order valence-electron chi connectivity index (χ1n) is 8.43. The van der Waals surface area contributed by atoms with Crippen LogP contribution in [0.25, 0.3) is 11.1 Å². The highest BCUT2D eigenvalue weighted by molar-refractivity contribution is 5.76. The van der Waals surface area contributed by atoms with Crippen LogP contribution in [-0.4, -0.2) is 35.3 Å². The zero-order valence-corrected chi connectivity index (χ0v) is 15.1. The molecule has 0 amide bonds. The van der Waals surface area contributed by atoms with Gasteiger partial charge >= 0.3 is 5.97 Å². The van der Waals surface area contributed by atoms with Gasteiger partial charge in [-0.2, -0.15) is 4.98 Å². The summed E-state index contributed by atoms with van der Waals surface area (Å²) in [6, 6.07) is 15.7. The monoisotopic (exact) mass is 354 g/mol. The summed E-state index contributed by atoms with van der Waals surface area (Å²) in [5, 5.41) is 9.18. The minimum absolute atomic E-state index is 0.541. The number of carboxylic acid groups (broad SMARTS) is 1. The van der Waals surface area contributed by atoms with Gasteiger partial charge in [0.2, 0.25) is 0 Å². The zero-order chi connectivity index (χ0) is 18.7. The second kappa shape index (κ2) is 7.07. The van der Waals surface area contributed by atoms with Crippen molar-refractivity contribution in [2.45, 2.75) is 25.9 Å². The van der Waals surface area contributed by atoms with Crippen molar-refractivity contribution in [3.05, 3.63) is 54.1 Å². The molecular formula is C20H22N2O4. The molecule has 0 spiro atoms. The van der Waals surface area contributed by atoms with Crippen LogP contribution in [0.5, 0.6) is 5.75 Å². The van der Waals surface area contributed by atoms with E-state index in [1.54, 1.807) is 6.07 Å². The fourth-order valence-corrected chi connectivity index (χ4v) is 2.52. The summed E-state index contributed by atoms with van der Waals surface area (Å²) in [6.45, 7) is 3.77. The zero-order valence-electron chi connectivity index (χ0n) is 15.1. The highest BCUT2D eigenvalue weighted by atomic mass is 16.5. The van der Waals surface area contributed by atoms with E-state index in [1.807, 2.05) is 54.4 Å². The number of oxazole rings is 1. The molecule has 1 heterocycles. The molecule has 0 aliphatic carbocycles. The molecule has 2 aromatic carbocycles. The molecular weight excluding hydrogens is 332 g/mol. The lowest BCUT2D eigenvalue weighted by Gasteiger charge is -2.22. The van der Waals surface area contributed by atoms with Crippen molar-refractivity contribution < 1.29 is 19.1 Å². The number of rotatable bonds is 7.